The van der Waals surface area contributed by atoms with Crippen molar-refractivity contribution in [2.45, 2.75) is 13.0 Å². The lowest BCUT2D eigenvalue weighted by atomic mass is 9.94. The number of Topliss-reactive ketones (excluding diaryl/α,β-unsaturated/α-hetero) is 1. The number of hydrogen-bond acceptors (Lipinski definition) is 8. The molecule has 192 valence electrons. The highest BCUT2D eigenvalue weighted by Gasteiger charge is 2.45. The molecule has 2 aliphatic rings. The Morgan fingerprint density at radius 3 is 2.54 bits per heavy atom. The number of amides is 1. The molecular weight excluding hydrogens is 490 g/mol. The van der Waals surface area contributed by atoms with E-state index in [0.29, 0.717) is 53.2 Å². The second-order valence-corrected chi connectivity index (χ2v) is 9.99. The van der Waals surface area contributed by atoms with Crippen LogP contribution in [0, 0.1) is 6.92 Å². The molecule has 1 aromatic heterocycles. The molecule has 1 unspecified atom stereocenters. The lowest BCUT2D eigenvalue weighted by molar-refractivity contribution is -0.129. The van der Waals surface area contributed by atoms with E-state index in [0.717, 1.165) is 18.7 Å². The number of aliphatic hydroxyl groups is 1. The molecule has 0 spiro atoms. The maximum Gasteiger partial charge on any atom is 0.290 e. The second kappa shape index (κ2) is 10.8. The molecule has 0 bridgehead atoms. The maximum absolute atomic E-state index is 14.0. The van der Waals surface area contributed by atoms with Gasteiger partial charge in [0.05, 0.1) is 42.5 Å². The van der Waals surface area contributed by atoms with Crippen LogP contribution >= 0.6 is 11.3 Å². The number of carbonyl (C=O) groups excluding carboxylic acids is 2. The van der Waals surface area contributed by atoms with Gasteiger partial charge in [-0.2, -0.15) is 0 Å². The minimum Gasteiger partial charge on any atom is -0.503 e. The third kappa shape index (κ3) is 4.90. The lowest BCUT2D eigenvalue weighted by Crippen LogP contribution is -2.43. The van der Waals surface area contributed by atoms with Crippen LogP contribution in [0.5, 0.6) is 5.75 Å². The van der Waals surface area contributed by atoms with E-state index in [4.69, 9.17) is 9.47 Å². The van der Waals surface area contributed by atoms with Gasteiger partial charge in [0.15, 0.2) is 5.76 Å². The van der Waals surface area contributed by atoms with Gasteiger partial charge < -0.3 is 19.5 Å². The van der Waals surface area contributed by atoms with E-state index in [-0.39, 0.29) is 5.57 Å². The molecule has 0 aliphatic carbocycles. The highest BCUT2D eigenvalue weighted by Crippen LogP contribution is 2.43. The standard InChI is InChI=1S/C28H29N3O5S/c1-18-26(37-27(29-18)19-8-4-3-5-9-19)24(32)22-23(20-10-6-7-11-21(20)35-2)31(28(34)25(22)33)13-12-30-14-16-36-17-15-30/h3-11,23,33H,12-17H2,1-2H3. The molecule has 0 radical (unpaired) electrons. The average Bonchev–Trinajstić information content (AvgIpc) is 3.45. The number of ether oxygens (including phenoxy) is 2. The summed E-state index contributed by atoms with van der Waals surface area (Å²) in [5.74, 6) is -0.926. The molecule has 1 N–H and O–H groups in total. The molecule has 0 saturated carbocycles. The predicted molar refractivity (Wildman–Crippen MR) is 141 cm³/mol. The summed E-state index contributed by atoms with van der Waals surface area (Å²) in [6, 6.07) is 16.2. The molecule has 1 amide bonds. The summed E-state index contributed by atoms with van der Waals surface area (Å²) in [5.41, 5.74) is 2.18. The van der Waals surface area contributed by atoms with Gasteiger partial charge in [-0.25, -0.2) is 4.98 Å². The van der Waals surface area contributed by atoms with Gasteiger partial charge in [0.1, 0.15) is 10.8 Å². The van der Waals surface area contributed by atoms with Crippen molar-refractivity contribution in [3.05, 3.63) is 82.1 Å². The Kier molecular flexibility index (Phi) is 7.36. The molecule has 37 heavy (non-hydrogen) atoms. The Bertz CT molecular complexity index is 1330. The Labute approximate surface area is 219 Å². The SMILES string of the molecule is COc1ccccc1C1C(C(=O)c2sc(-c3ccccc3)nc2C)=C(O)C(=O)N1CCN1CCOCC1. The van der Waals surface area contributed by atoms with Crippen molar-refractivity contribution in [3.8, 4) is 16.3 Å². The molecule has 5 rings (SSSR count). The fourth-order valence-corrected chi connectivity index (χ4v) is 5.87. The molecule has 1 atom stereocenters. The van der Waals surface area contributed by atoms with E-state index in [1.54, 1.807) is 25.0 Å². The Balaban J connectivity index is 1.53. The van der Waals surface area contributed by atoms with Crippen LogP contribution in [0.25, 0.3) is 10.6 Å². The van der Waals surface area contributed by atoms with Crippen molar-refractivity contribution in [1.82, 2.24) is 14.8 Å². The monoisotopic (exact) mass is 519 g/mol. The summed E-state index contributed by atoms with van der Waals surface area (Å²) < 4.78 is 11.0. The molecule has 1 saturated heterocycles. The molecule has 9 heteroatoms. The van der Waals surface area contributed by atoms with Gasteiger partial charge in [-0.05, 0) is 13.0 Å². The van der Waals surface area contributed by atoms with Gasteiger partial charge in [-0.3, -0.25) is 14.5 Å². The summed E-state index contributed by atoms with van der Waals surface area (Å²) in [5, 5.41) is 11.8. The fraction of sp³-hybridized carbons (Fsp3) is 0.321. The second-order valence-electron chi connectivity index (χ2n) is 8.99. The third-order valence-electron chi connectivity index (χ3n) is 6.77. The smallest absolute Gasteiger partial charge is 0.290 e. The summed E-state index contributed by atoms with van der Waals surface area (Å²) in [7, 11) is 1.55. The lowest BCUT2D eigenvalue weighted by Gasteiger charge is -2.32. The number of aliphatic hydroxyl groups excluding tert-OH is 1. The zero-order chi connectivity index (χ0) is 25.9. The van der Waals surface area contributed by atoms with E-state index >= 15 is 0 Å². The first kappa shape index (κ1) is 25.1. The van der Waals surface area contributed by atoms with Crippen LogP contribution in [-0.2, 0) is 9.53 Å². The van der Waals surface area contributed by atoms with Crippen molar-refractivity contribution >= 4 is 23.0 Å². The van der Waals surface area contributed by atoms with Crippen molar-refractivity contribution in [1.29, 1.82) is 0 Å². The fourth-order valence-electron chi connectivity index (χ4n) is 4.84. The molecule has 3 heterocycles. The minimum atomic E-state index is -0.779. The zero-order valence-corrected chi connectivity index (χ0v) is 21.7. The van der Waals surface area contributed by atoms with Crippen LogP contribution in [0.2, 0.25) is 0 Å². The number of para-hydroxylation sites is 1. The summed E-state index contributed by atoms with van der Waals surface area (Å²) >= 11 is 1.27. The number of benzene rings is 2. The largest absolute Gasteiger partial charge is 0.503 e. The first-order valence-electron chi connectivity index (χ1n) is 12.2. The van der Waals surface area contributed by atoms with Gasteiger partial charge in [-0.15, -0.1) is 11.3 Å². The van der Waals surface area contributed by atoms with Gasteiger partial charge in [0.25, 0.3) is 5.91 Å². The van der Waals surface area contributed by atoms with E-state index in [2.05, 4.69) is 9.88 Å². The predicted octanol–water partition coefficient (Wildman–Crippen LogP) is 4.04. The number of aryl methyl sites for hydroxylation is 1. The normalized spacial score (nSPS) is 18.5. The number of hydrogen-bond donors (Lipinski definition) is 1. The number of carbonyl (C=O) groups is 2. The first-order valence-corrected chi connectivity index (χ1v) is 13.1. The van der Waals surface area contributed by atoms with Crippen LogP contribution in [0.1, 0.15) is 27.0 Å². The number of rotatable bonds is 8. The number of methoxy groups -OCH3 is 1. The topological polar surface area (TPSA) is 92.2 Å². The van der Waals surface area contributed by atoms with Crippen LogP contribution in [0.15, 0.2) is 65.9 Å². The quantitative estimate of drug-likeness (QED) is 0.449. The maximum atomic E-state index is 14.0. The molecule has 8 nitrogen and oxygen atoms in total. The number of aromatic nitrogens is 1. The Morgan fingerprint density at radius 1 is 1.11 bits per heavy atom. The van der Waals surface area contributed by atoms with Crippen LogP contribution in [0.4, 0.5) is 0 Å². The van der Waals surface area contributed by atoms with Gasteiger partial charge in [-0.1, -0.05) is 48.5 Å². The molecular formula is C28H29N3O5S. The van der Waals surface area contributed by atoms with Crippen molar-refractivity contribution < 1.29 is 24.2 Å². The summed E-state index contributed by atoms with van der Waals surface area (Å²) in [6.07, 6.45) is 0. The van der Waals surface area contributed by atoms with E-state index in [1.165, 1.54) is 11.3 Å². The van der Waals surface area contributed by atoms with Crippen molar-refractivity contribution in [2.75, 3.05) is 46.5 Å². The number of morpholine rings is 1. The van der Waals surface area contributed by atoms with E-state index < -0.39 is 23.5 Å². The van der Waals surface area contributed by atoms with Crippen molar-refractivity contribution in [3.63, 3.8) is 0 Å². The minimum absolute atomic E-state index is 0.0582. The highest BCUT2D eigenvalue weighted by atomic mass is 32.1. The number of ketones is 1. The third-order valence-corrected chi connectivity index (χ3v) is 7.97. The van der Waals surface area contributed by atoms with Crippen LogP contribution < -0.4 is 4.74 Å². The van der Waals surface area contributed by atoms with Gasteiger partial charge in [0, 0.05) is 37.3 Å². The van der Waals surface area contributed by atoms with Gasteiger partial charge >= 0.3 is 0 Å². The molecule has 3 aromatic rings. The number of thiazole rings is 1. The van der Waals surface area contributed by atoms with Crippen molar-refractivity contribution in [2.24, 2.45) is 0 Å². The molecule has 1 fully saturated rings. The highest BCUT2D eigenvalue weighted by molar-refractivity contribution is 7.17. The summed E-state index contributed by atoms with van der Waals surface area (Å²) in [6.45, 7) is 5.56. The van der Waals surface area contributed by atoms with E-state index in [9.17, 15) is 14.7 Å². The average molecular weight is 520 g/mol. The zero-order valence-electron chi connectivity index (χ0n) is 20.8. The molecule has 2 aromatic carbocycles. The Morgan fingerprint density at radius 2 is 1.81 bits per heavy atom. The Hall–Kier alpha value is -3.53. The first-order chi connectivity index (χ1) is 18.0. The molecule has 2 aliphatic heterocycles. The van der Waals surface area contributed by atoms with Crippen LogP contribution in [-0.4, -0.2) is 78.1 Å². The van der Waals surface area contributed by atoms with Gasteiger partial charge in [0.2, 0.25) is 5.78 Å². The number of nitrogens with zero attached hydrogens (tertiary/aromatic N) is 3. The van der Waals surface area contributed by atoms with E-state index in [1.807, 2.05) is 48.5 Å². The van der Waals surface area contributed by atoms with Crippen LogP contribution in [0.3, 0.4) is 0 Å². The summed E-state index contributed by atoms with van der Waals surface area (Å²) in [4.78, 5) is 36.2.